The van der Waals surface area contributed by atoms with Crippen LogP contribution in [0.3, 0.4) is 0 Å². The predicted molar refractivity (Wildman–Crippen MR) is 103 cm³/mol. The Kier molecular flexibility index (Phi) is 6.41. The van der Waals surface area contributed by atoms with E-state index >= 15 is 0 Å². The van der Waals surface area contributed by atoms with E-state index in [1.54, 1.807) is 0 Å². The van der Waals surface area contributed by atoms with Crippen molar-refractivity contribution < 1.29 is 13.9 Å². The Hall–Kier alpha value is -2.45. The van der Waals surface area contributed by atoms with Gasteiger partial charge < -0.3 is 20.1 Å². The van der Waals surface area contributed by atoms with Crippen LogP contribution in [-0.2, 0) is 4.74 Å². The second kappa shape index (κ2) is 8.96. The van der Waals surface area contributed by atoms with Crippen molar-refractivity contribution in [3.05, 3.63) is 36.2 Å². The first-order chi connectivity index (χ1) is 13.1. The highest BCUT2D eigenvalue weighted by Crippen LogP contribution is 2.25. The van der Waals surface area contributed by atoms with E-state index in [-0.39, 0.29) is 19.2 Å². The Labute approximate surface area is 158 Å². The van der Waals surface area contributed by atoms with Gasteiger partial charge in [-0.2, -0.15) is 4.98 Å². The molecule has 0 amide bonds. The summed E-state index contributed by atoms with van der Waals surface area (Å²) in [7, 11) is 0. The van der Waals surface area contributed by atoms with Gasteiger partial charge in [0.15, 0.2) is 5.82 Å². The maximum Gasteiger partial charge on any atom is 0.224 e. The van der Waals surface area contributed by atoms with Gasteiger partial charge in [-0.15, -0.1) is 5.10 Å². The molecule has 1 saturated heterocycles. The molecular formula is C19H26FN5O2. The van der Waals surface area contributed by atoms with Crippen LogP contribution >= 0.6 is 0 Å². The van der Waals surface area contributed by atoms with Gasteiger partial charge >= 0.3 is 0 Å². The van der Waals surface area contributed by atoms with Crippen molar-refractivity contribution >= 4 is 5.95 Å². The van der Waals surface area contributed by atoms with Crippen LogP contribution in [0.25, 0.3) is 11.4 Å². The minimum atomic E-state index is 0.133. The molecule has 27 heavy (non-hydrogen) atoms. The molecule has 0 bridgehead atoms. The Morgan fingerprint density at radius 2 is 2.00 bits per heavy atom. The lowest BCUT2D eigenvalue weighted by Gasteiger charge is -2.28. The van der Waals surface area contributed by atoms with Crippen LogP contribution in [0.5, 0.6) is 5.75 Å². The summed E-state index contributed by atoms with van der Waals surface area (Å²) in [4.78, 5) is 6.97. The molecule has 1 aliphatic heterocycles. The Morgan fingerprint density at radius 3 is 2.59 bits per heavy atom. The van der Waals surface area contributed by atoms with Gasteiger partial charge in [-0.3, -0.25) is 0 Å². The topological polar surface area (TPSA) is 78.4 Å². The third-order valence-electron chi connectivity index (χ3n) is 4.35. The lowest BCUT2D eigenvalue weighted by atomic mass is 10.2. The molecule has 0 atom stereocenters. The summed E-state index contributed by atoms with van der Waals surface area (Å²) in [6.07, 6.45) is 0.490. The first kappa shape index (κ1) is 19.3. The molecule has 2 heterocycles. The van der Waals surface area contributed by atoms with Gasteiger partial charge in [0.05, 0.1) is 25.6 Å². The fourth-order valence-corrected chi connectivity index (χ4v) is 2.77. The molecule has 1 aliphatic rings. The number of ether oxygens (including phenoxy) is 2. The largest absolute Gasteiger partial charge is 0.489 e. The fraction of sp³-hybridized carbons (Fsp3) is 0.474. The number of nitrogens with zero attached hydrogens (tertiary/aromatic N) is 4. The summed E-state index contributed by atoms with van der Waals surface area (Å²) in [5.74, 6) is 2.18. The number of morpholine rings is 1. The van der Waals surface area contributed by atoms with Crippen molar-refractivity contribution in [2.24, 2.45) is 5.73 Å². The van der Waals surface area contributed by atoms with Crippen molar-refractivity contribution in [3.8, 4) is 17.1 Å². The number of halogens is 1. The number of nitrogens with two attached hydrogens (primary N) is 1. The normalized spacial score (nSPS) is 15.4. The molecule has 3 rings (SSSR count). The number of benzene rings is 1. The zero-order valence-electron chi connectivity index (χ0n) is 15.8. The molecular weight excluding hydrogens is 349 g/mol. The van der Waals surface area contributed by atoms with Gasteiger partial charge in [-0.25, -0.2) is 9.07 Å². The summed E-state index contributed by atoms with van der Waals surface area (Å²) >= 11 is 0. The van der Waals surface area contributed by atoms with Crippen molar-refractivity contribution in [3.63, 3.8) is 0 Å². The van der Waals surface area contributed by atoms with Gasteiger partial charge in [0.2, 0.25) is 5.95 Å². The maximum absolute atomic E-state index is 12.6. The molecule has 1 aromatic carbocycles. The zero-order chi connectivity index (χ0) is 19.2. The van der Waals surface area contributed by atoms with Crippen molar-refractivity contribution in [1.82, 2.24) is 14.8 Å². The van der Waals surface area contributed by atoms with E-state index in [1.165, 1.54) is 0 Å². The van der Waals surface area contributed by atoms with E-state index in [0.717, 1.165) is 24.6 Å². The number of hydrogen-bond donors (Lipinski definition) is 1. The van der Waals surface area contributed by atoms with Crippen LogP contribution in [0, 0.1) is 0 Å². The molecule has 146 valence electrons. The van der Waals surface area contributed by atoms with Gasteiger partial charge in [0, 0.05) is 30.8 Å². The molecule has 1 aromatic heterocycles. The molecule has 0 saturated carbocycles. The number of anilines is 1. The van der Waals surface area contributed by atoms with E-state index in [0.29, 0.717) is 36.7 Å². The minimum absolute atomic E-state index is 0.133. The third kappa shape index (κ3) is 4.64. The SMILES string of the molecule is CC(C)n1nc(-c2ccc(OC/C(=C/F)CN)cc2)nc1N1CCOCC1. The Bertz CT molecular complexity index is 767. The number of aromatic nitrogens is 3. The van der Waals surface area contributed by atoms with Gasteiger partial charge in [-0.05, 0) is 38.1 Å². The Morgan fingerprint density at radius 1 is 1.30 bits per heavy atom. The summed E-state index contributed by atoms with van der Waals surface area (Å²) in [5, 5.41) is 4.69. The second-order valence-electron chi connectivity index (χ2n) is 6.66. The van der Waals surface area contributed by atoms with Crippen LogP contribution in [-0.4, -0.2) is 54.2 Å². The quantitative estimate of drug-likeness (QED) is 0.801. The van der Waals surface area contributed by atoms with Gasteiger partial charge in [-0.1, -0.05) is 0 Å². The van der Waals surface area contributed by atoms with Crippen LogP contribution in [0.4, 0.5) is 10.3 Å². The average molecular weight is 375 g/mol. The van der Waals surface area contributed by atoms with Crippen LogP contribution in [0.1, 0.15) is 19.9 Å². The highest BCUT2D eigenvalue weighted by Gasteiger charge is 2.21. The molecule has 1 fully saturated rings. The summed E-state index contributed by atoms with van der Waals surface area (Å²) < 4.78 is 25.5. The van der Waals surface area contributed by atoms with Crippen LogP contribution in [0.2, 0.25) is 0 Å². The standard InChI is InChI=1S/C19H26FN5O2/c1-14(2)25-19(24-7-9-26-10-8-24)22-18(23-25)16-3-5-17(6-4-16)27-13-15(11-20)12-21/h3-6,11,14H,7-10,12-13,21H2,1-2H3/b15-11+. The molecule has 8 heteroatoms. The van der Waals surface area contributed by atoms with E-state index in [2.05, 4.69) is 18.7 Å². The van der Waals surface area contributed by atoms with E-state index in [1.807, 2.05) is 28.9 Å². The number of hydrogen-bond acceptors (Lipinski definition) is 6. The smallest absolute Gasteiger partial charge is 0.224 e. The van der Waals surface area contributed by atoms with E-state index in [4.69, 9.17) is 25.3 Å². The van der Waals surface area contributed by atoms with Gasteiger partial charge in [0.25, 0.3) is 0 Å². The second-order valence-corrected chi connectivity index (χ2v) is 6.66. The monoisotopic (exact) mass is 375 g/mol. The third-order valence-corrected chi connectivity index (χ3v) is 4.35. The molecule has 0 unspecified atom stereocenters. The molecule has 0 spiro atoms. The van der Waals surface area contributed by atoms with Crippen molar-refractivity contribution in [1.29, 1.82) is 0 Å². The summed E-state index contributed by atoms with van der Waals surface area (Å²) in [6.45, 7) is 7.46. The van der Waals surface area contributed by atoms with Crippen LogP contribution < -0.4 is 15.4 Å². The Balaban J connectivity index is 1.77. The van der Waals surface area contributed by atoms with Crippen LogP contribution in [0.15, 0.2) is 36.2 Å². The molecule has 7 nitrogen and oxygen atoms in total. The minimum Gasteiger partial charge on any atom is -0.489 e. The molecule has 2 aromatic rings. The fourth-order valence-electron chi connectivity index (χ4n) is 2.77. The first-order valence-corrected chi connectivity index (χ1v) is 9.13. The summed E-state index contributed by atoms with van der Waals surface area (Å²) in [6, 6.07) is 7.66. The summed E-state index contributed by atoms with van der Waals surface area (Å²) in [5.41, 5.74) is 6.74. The maximum atomic E-state index is 12.6. The van der Waals surface area contributed by atoms with Gasteiger partial charge in [0.1, 0.15) is 12.4 Å². The van der Waals surface area contributed by atoms with Crippen molar-refractivity contribution in [2.75, 3.05) is 44.4 Å². The number of rotatable bonds is 7. The lowest BCUT2D eigenvalue weighted by Crippen LogP contribution is -2.38. The molecule has 0 aliphatic carbocycles. The van der Waals surface area contributed by atoms with Crippen molar-refractivity contribution in [2.45, 2.75) is 19.9 Å². The first-order valence-electron chi connectivity index (χ1n) is 9.13. The van der Waals surface area contributed by atoms with E-state index in [9.17, 15) is 4.39 Å². The average Bonchev–Trinajstić information content (AvgIpc) is 3.16. The molecule has 2 N–H and O–H groups in total. The highest BCUT2D eigenvalue weighted by atomic mass is 19.1. The molecule has 0 radical (unpaired) electrons. The predicted octanol–water partition coefficient (Wildman–Crippen LogP) is 2.55. The lowest BCUT2D eigenvalue weighted by molar-refractivity contribution is 0.121. The highest BCUT2D eigenvalue weighted by molar-refractivity contribution is 5.58. The zero-order valence-corrected chi connectivity index (χ0v) is 15.8. The van der Waals surface area contributed by atoms with E-state index < -0.39 is 0 Å².